The van der Waals surface area contributed by atoms with Crippen LogP contribution in [0.25, 0.3) is 0 Å². The molecule has 1 fully saturated rings. The lowest BCUT2D eigenvalue weighted by Crippen LogP contribution is -2.40. The molecule has 5 heteroatoms. The van der Waals surface area contributed by atoms with Crippen LogP contribution in [0.15, 0.2) is 15.9 Å². The van der Waals surface area contributed by atoms with E-state index < -0.39 is 0 Å². The summed E-state index contributed by atoms with van der Waals surface area (Å²) < 4.78 is 1.15. The van der Waals surface area contributed by atoms with Gasteiger partial charge in [-0.3, -0.25) is 4.79 Å². The molecule has 1 aromatic heterocycles. The summed E-state index contributed by atoms with van der Waals surface area (Å²) in [6, 6.07) is 4.18. The zero-order chi connectivity index (χ0) is 14.4. The largest absolute Gasteiger partial charge is 0.396 e. The molecule has 2 heterocycles. The molecule has 0 spiro atoms. The van der Waals surface area contributed by atoms with E-state index in [1.807, 2.05) is 4.90 Å². The second-order valence-corrected chi connectivity index (χ2v) is 7.97. The number of likely N-dealkylation sites (tertiary alicyclic amines) is 1. The molecule has 1 amide bonds. The quantitative estimate of drug-likeness (QED) is 0.844. The van der Waals surface area contributed by atoms with Crippen molar-refractivity contribution in [2.75, 3.05) is 19.7 Å². The topological polar surface area (TPSA) is 40.5 Å². The number of carbonyl (C=O) groups is 1. The number of hydrogen-bond donors (Lipinski definition) is 1. The minimum absolute atomic E-state index is 0.236. The van der Waals surface area contributed by atoms with Crippen molar-refractivity contribution in [2.45, 2.75) is 38.5 Å². The molecule has 1 saturated heterocycles. The smallest absolute Gasteiger partial charge is 0.222 e. The van der Waals surface area contributed by atoms with E-state index in [1.54, 1.807) is 11.3 Å². The van der Waals surface area contributed by atoms with Crippen LogP contribution in [0.1, 0.15) is 37.0 Å². The van der Waals surface area contributed by atoms with Gasteiger partial charge >= 0.3 is 0 Å². The molecule has 1 N–H and O–H groups in total. The van der Waals surface area contributed by atoms with E-state index in [4.69, 9.17) is 5.11 Å². The zero-order valence-electron chi connectivity index (χ0n) is 11.7. The fourth-order valence-corrected chi connectivity index (χ4v) is 4.29. The zero-order valence-corrected chi connectivity index (χ0v) is 14.1. The van der Waals surface area contributed by atoms with Crippen molar-refractivity contribution in [3.8, 4) is 0 Å². The van der Waals surface area contributed by atoms with Crippen LogP contribution in [-0.4, -0.2) is 35.6 Å². The number of hydrogen-bond acceptors (Lipinski definition) is 3. The van der Waals surface area contributed by atoms with Crippen molar-refractivity contribution >= 4 is 33.2 Å². The maximum atomic E-state index is 12.2. The molecular weight excluding hydrogens is 338 g/mol. The molecule has 1 unspecified atom stereocenters. The number of halogens is 1. The predicted octanol–water partition coefficient (Wildman–Crippen LogP) is 3.45. The summed E-state index contributed by atoms with van der Waals surface area (Å²) >= 11 is 5.21. The number of aliphatic hydroxyl groups is 1. The van der Waals surface area contributed by atoms with Crippen molar-refractivity contribution in [3.05, 3.63) is 20.8 Å². The van der Waals surface area contributed by atoms with Crippen molar-refractivity contribution in [3.63, 3.8) is 0 Å². The Hall–Kier alpha value is -0.390. The van der Waals surface area contributed by atoms with Gasteiger partial charge in [0.15, 0.2) is 0 Å². The van der Waals surface area contributed by atoms with Crippen LogP contribution in [0.3, 0.4) is 0 Å². The van der Waals surface area contributed by atoms with Crippen LogP contribution in [0, 0.1) is 5.92 Å². The van der Waals surface area contributed by atoms with Gasteiger partial charge in [0, 0.05) is 31.0 Å². The minimum atomic E-state index is 0.236. The van der Waals surface area contributed by atoms with E-state index in [-0.39, 0.29) is 12.5 Å². The van der Waals surface area contributed by atoms with Gasteiger partial charge in [0.05, 0.1) is 3.79 Å². The Morgan fingerprint density at radius 2 is 2.35 bits per heavy atom. The number of amides is 1. The molecule has 1 aromatic rings. The maximum Gasteiger partial charge on any atom is 0.222 e. The highest BCUT2D eigenvalue weighted by atomic mass is 79.9. The van der Waals surface area contributed by atoms with Gasteiger partial charge in [-0.2, -0.15) is 0 Å². The first-order valence-electron chi connectivity index (χ1n) is 7.32. The lowest BCUT2D eigenvalue weighted by Gasteiger charge is -2.32. The fraction of sp³-hybridized carbons (Fsp3) is 0.667. The Morgan fingerprint density at radius 3 is 3.05 bits per heavy atom. The van der Waals surface area contributed by atoms with E-state index in [0.29, 0.717) is 12.3 Å². The average molecular weight is 360 g/mol. The number of thiophene rings is 1. The Morgan fingerprint density at radius 1 is 1.50 bits per heavy atom. The summed E-state index contributed by atoms with van der Waals surface area (Å²) in [5.74, 6) is 0.772. The highest BCUT2D eigenvalue weighted by Crippen LogP contribution is 2.24. The van der Waals surface area contributed by atoms with Crippen molar-refractivity contribution in [2.24, 2.45) is 5.92 Å². The van der Waals surface area contributed by atoms with Gasteiger partial charge in [0.1, 0.15) is 0 Å². The summed E-state index contributed by atoms with van der Waals surface area (Å²) in [6.07, 6.45) is 5.60. The molecule has 112 valence electrons. The SMILES string of the molecule is O=C(CCCc1ccc(Br)s1)N1CCCC(CCO)C1. The lowest BCUT2D eigenvalue weighted by atomic mass is 9.95. The maximum absolute atomic E-state index is 12.2. The molecule has 2 rings (SSSR count). The standard InChI is InChI=1S/C15H22BrNO2S/c16-14-7-6-13(20-14)4-1-5-15(19)17-9-2-3-12(11-17)8-10-18/h6-7,12,18H,1-5,8-11H2. The molecule has 1 aliphatic rings. The number of carbonyl (C=O) groups excluding carboxylic acids is 1. The number of piperidine rings is 1. The first-order valence-corrected chi connectivity index (χ1v) is 8.93. The summed E-state index contributed by atoms with van der Waals surface area (Å²) in [4.78, 5) is 15.5. The highest BCUT2D eigenvalue weighted by Gasteiger charge is 2.22. The summed E-state index contributed by atoms with van der Waals surface area (Å²) in [5.41, 5.74) is 0. The van der Waals surface area contributed by atoms with Gasteiger partial charge in [-0.1, -0.05) is 0 Å². The highest BCUT2D eigenvalue weighted by molar-refractivity contribution is 9.11. The number of nitrogens with zero attached hydrogens (tertiary/aromatic N) is 1. The Kier molecular flexibility index (Phi) is 6.52. The average Bonchev–Trinajstić information content (AvgIpc) is 2.85. The third kappa shape index (κ3) is 4.86. The third-order valence-electron chi connectivity index (χ3n) is 3.85. The van der Waals surface area contributed by atoms with Crippen LogP contribution >= 0.6 is 27.3 Å². The predicted molar refractivity (Wildman–Crippen MR) is 86.0 cm³/mol. The normalized spacial score (nSPS) is 19.3. The summed E-state index contributed by atoms with van der Waals surface area (Å²) in [7, 11) is 0. The van der Waals surface area contributed by atoms with Crippen molar-refractivity contribution in [1.82, 2.24) is 4.90 Å². The Bertz CT molecular complexity index is 433. The van der Waals surface area contributed by atoms with Crippen LogP contribution in [0.5, 0.6) is 0 Å². The van der Waals surface area contributed by atoms with Crippen LogP contribution in [0.4, 0.5) is 0 Å². The molecule has 1 atom stereocenters. The van der Waals surface area contributed by atoms with Crippen LogP contribution in [-0.2, 0) is 11.2 Å². The van der Waals surface area contributed by atoms with Gasteiger partial charge in [0.2, 0.25) is 5.91 Å². The Balaban J connectivity index is 1.71. The fourth-order valence-electron chi connectivity index (χ4n) is 2.77. The molecule has 20 heavy (non-hydrogen) atoms. The first kappa shape index (κ1) is 16.0. The first-order chi connectivity index (χ1) is 9.69. The Labute approximate surface area is 133 Å². The molecule has 1 aliphatic heterocycles. The second kappa shape index (κ2) is 8.15. The van der Waals surface area contributed by atoms with Gasteiger partial charge in [-0.25, -0.2) is 0 Å². The number of rotatable bonds is 6. The summed E-state index contributed by atoms with van der Waals surface area (Å²) in [5, 5.41) is 9.01. The second-order valence-electron chi connectivity index (χ2n) is 5.42. The molecule has 0 aliphatic carbocycles. The molecule has 0 saturated carbocycles. The number of aryl methyl sites for hydroxylation is 1. The van der Waals surface area contributed by atoms with Gasteiger partial charge in [-0.15, -0.1) is 11.3 Å². The van der Waals surface area contributed by atoms with E-state index in [1.165, 1.54) is 4.88 Å². The van der Waals surface area contributed by atoms with E-state index >= 15 is 0 Å². The number of aliphatic hydroxyl groups excluding tert-OH is 1. The summed E-state index contributed by atoms with van der Waals surface area (Å²) in [6.45, 7) is 1.97. The molecule has 0 radical (unpaired) electrons. The van der Waals surface area contributed by atoms with Gasteiger partial charge in [0.25, 0.3) is 0 Å². The lowest BCUT2D eigenvalue weighted by molar-refractivity contribution is -0.133. The van der Waals surface area contributed by atoms with Gasteiger partial charge < -0.3 is 10.0 Å². The van der Waals surface area contributed by atoms with Gasteiger partial charge in [-0.05, 0) is 66.1 Å². The monoisotopic (exact) mass is 359 g/mol. The molecule has 0 aromatic carbocycles. The van der Waals surface area contributed by atoms with Crippen molar-refractivity contribution < 1.29 is 9.90 Å². The molecule has 3 nitrogen and oxygen atoms in total. The van der Waals surface area contributed by atoms with Crippen LogP contribution < -0.4 is 0 Å². The van der Waals surface area contributed by atoms with E-state index in [2.05, 4.69) is 28.1 Å². The third-order valence-corrected chi connectivity index (χ3v) is 5.54. The van der Waals surface area contributed by atoms with E-state index in [0.717, 1.165) is 49.0 Å². The van der Waals surface area contributed by atoms with E-state index in [9.17, 15) is 4.79 Å². The minimum Gasteiger partial charge on any atom is -0.396 e. The van der Waals surface area contributed by atoms with Crippen LogP contribution in [0.2, 0.25) is 0 Å². The molecular formula is C15H22BrNO2S. The van der Waals surface area contributed by atoms with Crippen molar-refractivity contribution in [1.29, 1.82) is 0 Å². The molecule has 0 bridgehead atoms.